The molecule has 1 aromatic carbocycles. The molecule has 1 saturated carbocycles. The Labute approximate surface area is 134 Å². The third kappa shape index (κ3) is 3.53. The number of esters is 1. The van der Waals surface area contributed by atoms with E-state index >= 15 is 0 Å². The Balaban J connectivity index is 1.79. The van der Waals surface area contributed by atoms with Crippen LogP contribution in [0.4, 0.5) is 17.2 Å². The van der Waals surface area contributed by atoms with Crippen LogP contribution >= 0.6 is 0 Å². The summed E-state index contributed by atoms with van der Waals surface area (Å²) in [5, 5.41) is 8.26. The van der Waals surface area contributed by atoms with Gasteiger partial charge >= 0.3 is 5.97 Å². The van der Waals surface area contributed by atoms with Crippen molar-refractivity contribution >= 4 is 23.2 Å². The molecular weight excluding hydrogens is 292 g/mol. The maximum Gasteiger partial charge on any atom is 0.314 e. The number of nitrogens with two attached hydrogens (primary N) is 1. The molecular formula is C17H18N4O2. The molecule has 0 radical (unpaired) electrons. The van der Waals surface area contributed by atoms with Crippen molar-refractivity contribution in [3.63, 3.8) is 0 Å². The van der Waals surface area contributed by atoms with Crippen LogP contribution in [0.1, 0.15) is 25.0 Å². The molecule has 6 heteroatoms. The summed E-state index contributed by atoms with van der Waals surface area (Å²) in [7, 11) is 0. The number of carbonyl (C=O) groups excluding carboxylic acids is 1. The van der Waals surface area contributed by atoms with Crippen LogP contribution in [0.5, 0.6) is 5.75 Å². The highest BCUT2D eigenvalue weighted by molar-refractivity contribution is 5.77. The smallest absolute Gasteiger partial charge is 0.314 e. The van der Waals surface area contributed by atoms with Crippen molar-refractivity contribution in [1.29, 1.82) is 0 Å². The number of aryl methyl sites for hydroxylation is 1. The summed E-state index contributed by atoms with van der Waals surface area (Å²) in [6.45, 7) is 1.85. The molecule has 0 unspecified atom stereocenters. The molecule has 0 saturated heterocycles. The fraction of sp³-hybridized carbons (Fsp3) is 0.294. The standard InChI is InChI=1S/C17H18N4O2/c1-11-9-10-14(16(18)19-11)21-20-13-7-2-3-8-15(13)23-17(22)12-5-4-6-12/h2-3,7-10,12H,4-6H2,1H3,(H2,18,19)/b21-20+. The van der Waals surface area contributed by atoms with Crippen LogP contribution in [0.15, 0.2) is 46.6 Å². The van der Waals surface area contributed by atoms with Gasteiger partial charge in [-0.25, -0.2) is 4.98 Å². The van der Waals surface area contributed by atoms with E-state index in [0.29, 0.717) is 22.9 Å². The summed E-state index contributed by atoms with van der Waals surface area (Å²) in [5.41, 5.74) is 7.60. The average molecular weight is 310 g/mol. The highest BCUT2D eigenvalue weighted by Crippen LogP contribution is 2.33. The van der Waals surface area contributed by atoms with E-state index in [1.165, 1.54) is 0 Å². The number of pyridine rings is 1. The SMILES string of the molecule is Cc1ccc(/N=N/c2ccccc2OC(=O)C2CCC2)c(N)n1. The van der Waals surface area contributed by atoms with Crippen LogP contribution in [0.3, 0.4) is 0 Å². The van der Waals surface area contributed by atoms with E-state index < -0.39 is 0 Å². The number of carbonyl (C=O) groups is 1. The Morgan fingerprint density at radius 2 is 1.91 bits per heavy atom. The Hall–Kier alpha value is -2.76. The van der Waals surface area contributed by atoms with Crippen molar-refractivity contribution in [3.8, 4) is 5.75 Å². The summed E-state index contributed by atoms with van der Waals surface area (Å²) >= 11 is 0. The number of hydrogen-bond donors (Lipinski definition) is 1. The molecule has 2 N–H and O–H groups in total. The quantitative estimate of drug-likeness (QED) is 0.523. The van der Waals surface area contributed by atoms with Gasteiger partial charge in [-0.1, -0.05) is 18.6 Å². The highest BCUT2D eigenvalue weighted by atomic mass is 16.5. The maximum absolute atomic E-state index is 12.0. The lowest BCUT2D eigenvalue weighted by molar-refractivity contribution is -0.141. The summed E-state index contributed by atoms with van der Waals surface area (Å²) in [4.78, 5) is 16.1. The number of nitrogens with zero attached hydrogens (tertiary/aromatic N) is 3. The first-order valence-electron chi connectivity index (χ1n) is 7.59. The fourth-order valence-electron chi connectivity index (χ4n) is 2.22. The number of rotatable bonds is 4. The van der Waals surface area contributed by atoms with E-state index in [9.17, 15) is 4.79 Å². The molecule has 0 atom stereocenters. The topological polar surface area (TPSA) is 89.9 Å². The lowest BCUT2D eigenvalue weighted by Gasteiger charge is -2.23. The van der Waals surface area contributed by atoms with Crippen LogP contribution in [0, 0.1) is 12.8 Å². The number of anilines is 1. The molecule has 1 heterocycles. The normalized spacial score (nSPS) is 14.7. The molecule has 118 valence electrons. The molecule has 2 aromatic rings. The van der Waals surface area contributed by atoms with Gasteiger partial charge in [-0.05, 0) is 44.0 Å². The second-order valence-electron chi connectivity index (χ2n) is 5.57. The Morgan fingerprint density at radius 1 is 1.17 bits per heavy atom. The highest BCUT2D eigenvalue weighted by Gasteiger charge is 2.27. The van der Waals surface area contributed by atoms with E-state index in [1.807, 2.05) is 19.1 Å². The van der Waals surface area contributed by atoms with Gasteiger partial charge < -0.3 is 10.5 Å². The molecule has 1 fully saturated rings. The molecule has 3 rings (SSSR count). The van der Waals surface area contributed by atoms with Gasteiger partial charge in [-0.15, -0.1) is 10.2 Å². The molecule has 6 nitrogen and oxygen atoms in total. The van der Waals surface area contributed by atoms with Gasteiger partial charge in [0.15, 0.2) is 11.6 Å². The van der Waals surface area contributed by atoms with E-state index in [2.05, 4.69) is 15.2 Å². The lowest BCUT2D eigenvalue weighted by atomic mass is 9.86. The number of azo groups is 1. The van der Waals surface area contributed by atoms with Gasteiger partial charge in [0.1, 0.15) is 11.4 Å². The molecule has 1 aliphatic rings. The largest absolute Gasteiger partial charge is 0.424 e. The Kier molecular flexibility index (Phi) is 4.32. The zero-order valence-corrected chi connectivity index (χ0v) is 12.9. The van der Waals surface area contributed by atoms with Crippen molar-refractivity contribution < 1.29 is 9.53 Å². The van der Waals surface area contributed by atoms with Crippen LogP contribution in [0.2, 0.25) is 0 Å². The molecule has 0 spiro atoms. The summed E-state index contributed by atoms with van der Waals surface area (Å²) in [6.07, 6.45) is 2.88. The molecule has 0 aliphatic heterocycles. The predicted octanol–water partition coefficient (Wildman–Crippen LogP) is 4.09. The number of para-hydroxylation sites is 1. The van der Waals surface area contributed by atoms with Gasteiger partial charge in [0.25, 0.3) is 0 Å². The van der Waals surface area contributed by atoms with E-state index in [4.69, 9.17) is 10.5 Å². The van der Waals surface area contributed by atoms with Crippen LogP contribution in [-0.4, -0.2) is 11.0 Å². The first kappa shape index (κ1) is 15.1. The minimum Gasteiger partial charge on any atom is -0.424 e. The van der Waals surface area contributed by atoms with Crippen molar-refractivity contribution in [3.05, 3.63) is 42.1 Å². The summed E-state index contributed by atoms with van der Waals surface area (Å²) < 4.78 is 5.45. The number of aromatic nitrogens is 1. The maximum atomic E-state index is 12.0. The number of nitrogen functional groups attached to an aromatic ring is 1. The number of ether oxygens (including phenoxy) is 1. The van der Waals surface area contributed by atoms with Gasteiger partial charge in [-0.2, -0.15) is 0 Å². The molecule has 0 bridgehead atoms. The van der Waals surface area contributed by atoms with Crippen molar-refractivity contribution in [2.45, 2.75) is 26.2 Å². The van der Waals surface area contributed by atoms with E-state index in [1.54, 1.807) is 24.3 Å². The third-order valence-corrected chi connectivity index (χ3v) is 3.82. The number of benzene rings is 1. The van der Waals surface area contributed by atoms with Gasteiger partial charge in [0.05, 0.1) is 5.92 Å². The zero-order chi connectivity index (χ0) is 16.2. The average Bonchev–Trinajstić information content (AvgIpc) is 2.46. The lowest BCUT2D eigenvalue weighted by Crippen LogP contribution is -2.26. The fourth-order valence-corrected chi connectivity index (χ4v) is 2.22. The minimum atomic E-state index is -0.199. The van der Waals surface area contributed by atoms with Crippen LogP contribution < -0.4 is 10.5 Å². The van der Waals surface area contributed by atoms with Crippen molar-refractivity contribution in [1.82, 2.24) is 4.98 Å². The first-order chi connectivity index (χ1) is 11.1. The Bertz CT molecular complexity index is 754. The summed E-state index contributed by atoms with van der Waals surface area (Å²) in [5.74, 6) is 0.539. The third-order valence-electron chi connectivity index (χ3n) is 3.82. The van der Waals surface area contributed by atoms with Gasteiger partial charge in [0, 0.05) is 5.69 Å². The van der Waals surface area contributed by atoms with Crippen molar-refractivity contribution in [2.75, 3.05) is 5.73 Å². The molecule has 0 amide bonds. The second-order valence-corrected chi connectivity index (χ2v) is 5.57. The molecule has 23 heavy (non-hydrogen) atoms. The minimum absolute atomic E-state index is 0.0111. The molecule has 1 aliphatic carbocycles. The first-order valence-corrected chi connectivity index (χ1v) is 7.59. The second kappa shape index (κ2) is 6.56. The summed E-state index contributed by atoms with van der Waals surface area (Å²) in [6, 6.07) is 10.6. The van der Waals surface area contributed by atoms with Crippen molar-refractivity contribution in [2.24, 2.45) is 16.1 Å². The Morgan fingerprint density at radius 3 is 2.61 bits per heavy atom. The van der Waals surface area contributed by atoms with Crippen LogP contribution in [-0.2, 0) is 4.79 Å². The van der Waals surface area contributed by atoms with E-state index in [-0.39, 0.29) is 11.9 Å². The number of hydrogen-bond acceptors (Lipinski definition) is 6. The predicted molar refractivity (Wildman–Crippen MR) is 87.0 cm³/mol. The van der Waals surface area contributed by atoms with Crippen LogP contribution in [0.25, 0.3) is 0 Å². The van der Waals surface area contributed by atoms with E-state index in [0.717, 1.165) is 25.0 Å². The monoisotopic (exact) mass is 310 g/mol. The van der Waals surface area contributed by atoms with Gasteiger partial charge in [-0.3, -0.25) is 4.79 Å². The zero-order valence-electron chi connectivity index (χ0n) is 12.9. The molecule has 1 aromatic heterocycles. The van der Waals surface area contributed by atoms with Gasteiger partial charge in [0.2, 0.25) is 0 Å².